The maximum Gasteiger partial charge on any atom is 0.233 e. The third-order valence-electron chi connectivity index (χ3n) is 4.32. The van der Waals surface area contributed by atoms with Gasteiger partial charge < -0.3 is 14.7 Å². The summed E-state index contributed by atoms with van der Waals surface area (Å²) in [5, 5.41) is 9.27. The second-order valence-electron chi connectivity index (χ2n) is 6.49. The molecule has 1 saturated heterocycles. The fourth-order valence-electron chi connectivity index (χ4n) is 3.03. The molecule has 1 aliphatic rings. The quantitative estimate of drug-likeness (QED) is 0.754. The van der Waals surface area contributed by atoms with Gasteiger partial charge in [-0.15, -0.1) is 0 Å². The highest BCUT2D eigenvalue weighted by Gasteiger charge is 2.29. The number of benzene rings is 1. The summed E-state index contributed by atoms with van der Waals surface area (Å²) in [4.78, 5) is 14.2. The Balaban J connectivity index is 1.97. The molecule has 2 rings (SSSR count). The van der Waals surface area contributed by atoms with Gasteiger partial charge >= 0.3 is 0 Å². The van der Waals surface area contributed by atoms with Crippen LogP contribution in [-0.2, 0) is 14.8 Å². The standard InChI is InChI=1S/C17H26N2O5S/c1-13(17(21)19-8-4-5-14(10-19)11-20)12-25(22,23)18-15-6-3-7-16(9-15)24-2/h3,6-7,9,13-14,18,20H,4-5,8,10-12H2,1-2H3. The Bertz CT molecular complexity index is 692. The Labute approximate surface area is 149 Å². The van der Waals surface area contributed by atoms with E-state index in [9.17, 15) is 18.3 Å². The number of piperidine rings is 1. The summed E-state index contributed by atoms with van der Waals surface area (Å²) in [5.74, 6) is -0.498. The molecule has 1 fully saturated rings. The Hall–Kier alpha value is -1.80. The molecule has 0 spiro atoms. The van der Waals surface area contributed by atoms with Crippen LogP contribution in [0.4, 0.5) is 5.69 Å². The topological polar surface area (TPSA) is 95.9 Å². The number of anilines is 1. The number of nitrogens with one attached hydrogen (secondary N) is 1. The first-order valence-electron chi connectivity index (χ1n) is 8.39. The molecule has 7 nitrogen and oxygen atoms in total. The molecular weight excluding hydrogens is 344 g/mol. The van der Waals surface area contributed by atoms with Crippen molar-refractivity contribution in [2.24, 2.45) is 11.8 Å². The van der Waals surface area contributed by atoms with Gasteiger partial charge in [-0.25, -0.2) is 8.42 Å². The Morgan fingerprint density at radius 3 is 2.92 bits per heavy atom. The molecule has 0 aliphatic carbocycles. The van der Waals surface area contributed by atoms with Gasteiger partial charge in [0.25, 0.3) is 0 Å². The average Bonchev–Trinajstić information content (AvgIpc) is 2.60. The summed E-state index contributed by atoms with van der Waals surface area (Å²) < 4.78 is 32.3. The Morgan fingerprint density at radius 1 is 1.48 bits per heavy atom. The van der Waals surface area contributed by atoms with Crippen LogP contribution in [0.2, 0.25) is 0 Å². The predicted molar refractivity (Wildman–Crippen MR) is 96.0 cm³/mol. The van der Waals surface area contributed by atoms with Gasteiger partial charge in [-0.1, -0.05) is 13.0 Å². The molecule has 0 radical (unpaired) electrons. The van der Waals surface area contributed by atoms with E-state index in [0.717, 1.165) is 12.8 Å². The van der Waals surface area contributed by atoms with Crippen LogP contribution < -0.4 is 9.46 Å². The summed E-state index contributed by atoms with van der Waals surface area (Å²) in [6.45, 7) is 2.77. The maximum atomic E-state index is 12.5. The molecule has 1 amide bonds. The largest absolute Gasteiger partial charge is 0.497 e. The van der Waals surface area contributed by atoms with Crippen molar-refractivity contribution >= 4 is 21.6 Å². The van der Waals surface area contributed by atoms with Crippen LogP contribution >= 0.6 is 0 Å². The van der Waals surface area contributed by atoms with E-state index in [0.29, 0.717) is 24.5 Å². The van der Waals surface area contributed by atoms with Crippen LogP contribution in [0.3, 0.4) is 0 Å². The van der Waals surface area contributed by atoms with E-state index in [4.69, 9.17) is 4.74 Å². The normalized spacial score (nSPS) is 19.3. The van der Waals surface area contributed by atoms with E-state index in [1.165, 1.54) is 7.11 Å². The van der Waals surface area contributed by atoms with Gasteiger partial charge in [0, 0.05) is 25.8 Å². The molecule has 1 aromatic carbocycles. The van der Waals surface area contributed by atoms with Crippen molar-refractivity contribution in [1.29, 1.82) is 0 Å². The summed E-state index contributed by atoms with van der Waals surface area (Å²) in [6, 6.07) is 6.62. The molecule has 140 valence electrons. The zero-order chi connectivity index (χ0) is 18.4. The number of carbonyl (C=O) groups is 1. The molecule has 0 bridgehead atoms. The molecule has 8 heteroatoms. The lowest BCUT2D eigenvalue weighted by Crippen LogP contribution is -2.44. The van der Waals surface area contributed by atoms with Crippen molar-refractivity contribution in [3.63, 3.8) is 0 Å². The minimum atomic E-state index is -3.66. The van der Waals surface area contributed by atoms with Gasteiger partial charge in [0.2, 0.25) is 15.9 Å². The maximum absolute atomic E-state index is 12.5. The first kappa shape index (κ1) is 19.5. The van der Waals surface area contributed by atoms with Gasteiger partial charge in [-0.2, -0.15) is 0 Å². The van der Waals surface area contributed by atoms with Crippen LogP contribution in [0, 0.1) is 11.8 Å². The van der Waals surface area contributed by atoms with Crippen LogP contribution in [0.5, 0.6) is 5.75 Å². The lowest BCUT2D eigenvalue weighted by molar-refractivity contribution is -0.136. The van der Waals surface area contributed by atoms with Gasteiger partial charge in [0.15, 0.2) is 0 Å². The fraction of sp³-hybridized carbons (Fsp3) is 0.588. The molecule has 1 heterocycles. The number of aliphatic hydroxyl groups excluding tert-OH is 1. The van der Waals surface area contributed by atoms with Gasteiger partial charge in [0.05, 0.1) is 24.5 Å². The third-order valence-corrected chi connectivity index (χ3v) is 5.81. The summed E-state index contributed by atoms with van der Waals surface area (Å²) >= 11 is 0. The Morgan fingerprint density at radius 2 is 2.24 bits per heavy atom. The summed E-state index contributed by atoms with van der Waals surface area (Å²) in [5.41, 5.74) is 0.400. The molecule has 0 saturated carbocycles. The van der Waals surface area contributed by atoms with Gasteiger partial charge in [-0.3, -0.25) is 9.52 Å². The number of sulfonamides is 1. The van der Waals surface area contributed by atoms with Crippen molar-refractivity contribution in [3.05, 3.63) is 24.3 Å². The van der Waals surface area contributed by atoms with Crippen molar-refractivity contribution in [2.45, 2.75) is 19.8 Å². The van der Waals surface area contributed by atoms with Crippen LogP contribution in [0.25, 0.3) is 0 Å². The number of nitrogens with zero attached hydrogens (tertiary/aromatic N) is 1. The molecule has 1 aromatic rings. The van der Waals surface area contributed by atoms with Crippen LogP contribution in [0.1, 0.15) is 19.8 Å². The second kappa shape index (κ2) is 8.53. The van der Waals surface area contributed by atoms with Crippen LogP contribution in [0.15, 0.2) is 24.3 Å². The van der Waals surface area contributed by atoms with Gasteiger partial charge in [-0.05, 0) is 30.9 Å². The minimum absolute atomic E-state index is 0.0495. The van der Waals surface area contributed by atoms with E-state index < -0.39 is 15.9 Å². The number of methoxy groups -OCH3 is 1. The van der Waals surface area contributed by atoms with Crippen LogP contribution in [-0.4, -0.2) is 56.9 Å². The summed E-state index contributed by atoms with van der Waals surface area (Å²) in [6.07, 6.45) is 1.73. The molecule has 2 unspecified atom stereocenters. The average molecular weight is 370 g/mol. The Kier molecular flexibility index (Phi) is 6.66. The van der Waals surface area contributed by atoms with E-state index in [2.05, 4.69) is 4.72 Å². The first-order valence-corrected chi connectivity index (χ1v) is 10.0. The predicted octanol–water partition coefficient (Wildman–Crippen LogP) is 1.30. The molecule has 0 aromatic heterocycles. The van der Waals surface area contributed by atoms with Crippen molar-refractivity contribution in [2.75, 3.05) is 37.3 Å². The van der Waals surface area contributed by atoms with E-state index in [1.807, 2.05) is 0 Å². The van der Waals surface area contributed by atoms with E-state index >= 15 is 0 Å². The minimum Gasteiger partial charge on any atom is -0.497 e. The molecule has 2 N–H and O–H groups in total. The third kappa shape index (κ3) is 5.61. The number of ether oxygens (including phenoxy) is 1. The zero-order valence-corrected chi connectivity index (χ0v) is 15.5. The molecule has 1 aliphatic heterocycles. The number of carbonyl (C=O) groups excluding carboxylic acids is 1. The van der Waals surface area contributed by atoms with E-state index in [1.54, 1.807) is 36.1 Å². The smallest absolute Gasteiger partial charge is 0.233 e. The number of likely N-dealkylation sites (tertiary alicyclic amines) is 1. The van der Waals surface area contributed by atoms with Crippen molar-refractivity contribution in [1.82, 2.24) is 4.90 Å². The molecule has 25 heavy (non-hydrogen) atoms. The zero-order valence-electron chi connectivity index (χ0n) is 14.6. The number of hydrogen-bond donors (Lipinski definition) is 2. The number of aliphatic hydroxyl groups is 1. The molecular formula is C17H26N2O5S. The van der Waals surface area contributed by atoms with Crippen molar-refractivity contribution < 1.29 is 23.1 Å². The lowest BCUT2D eigenvalue weighted by Gasteiger charge is -2.33. The second-order valence-corrected chi connectivity index (χ2v) is 8.26. The monoisotopic (exact) mass is 370 g/mol. The number of amides is 1. The fourth-order valence-corrected chi connectivity index (χ4v) is 4.40. The SMILES string of the molecule is COc1cccc(NS(=O)(=O)CC(C)C(=O)N2CCCC(CO)C2)c1. The summed E-state index contributed by atoms with van der Waals surface area (Å²) in [7, 11) is -2.16. The van der Waals surface area contributed by atoms with E-state index in [-0.39, 0.29) is 24.2 Å². The lowest BCUT2D eigenvalue weighted by atomic mass is 9.98. The number of rotatable bonds is 7. The van der Waals surface area contributed by atoms with Gasteiger partial charge in [0.1, 0.15) is 5.75 Å². The highest BCUT2D eigenvalue weighted by molar-refractivity contribution is 7.92. The first-order chi connectivity index (χ1) is 11.8. The molecule has 2 atom stereocenters. The highest BCUT2D eigenvalue weighted by Crippen LogP contribution is 2.20. The van der Waals surface area contributed by atoms with Crippen molar-refractivity contribution in [3.8, 4) is 5.75 Å². The number of hydrogen-bond acceptors (Lipinski definition) is 5. The highest BCUT2D eigenvalue weighted by atomic mass is 32.2.